The van der Waals surface area contributed by atoms with E-state index in [1.165, 1.54) is 0 Å². The number of nitrogens with zero attached hydrogens (tertiary/aromatic N) is 4. The Morgan fingerprint density at radius 2 is 2.04 bits per heavy atom. The van der Waals surface area contributed by atoms with E-state index in [0.717, 1.165) is 45.2 Å². The van der Waals surface area contributed by atoms with Gasteiger partial charge in [-0.1, -0.05) is 17.6 Å². The number of likely N-dealkylation sites (tertiary alicyclic amines) is 1. The molecule has 2 aromatic heterocycles. The molecule has 25 heavy (non-hydrogen) atoms. The normalized spacial score (nSPS) is 24.6. The first kappa shape index (κ1) is 16.2. The molecule has 132 valence electrons. The topological polar surface area (TPSA) is 98.1 Å². The van der Waals surface area contributed by atoms with Crippen LogP contribution in [0.2, 0.25) is 0 Å². The number of amides is 1. The van der Waals surface area contributed by atoms with E-state index in [2.05, 4.69) is 15.1 Å². The van der Waals surface area contributed by atoms with Crippen LogP contribution in [0.3, 0.4) is 0 Å². The molecule has 0 unspecified atom stereocenters. The molecule has 1 saturated carbocycles. The van der Waals surface area contributed by atoms with Crippen molar-refractivity contribution < 1.29 is 9.32 Å². The second-order valence-electron chi connectivity index (χ2n) is 6.97. The van der Waals surface area contributed by atoms with E-state index < -0.39 is 0 Å². The highest BCUT2D eigenvalue weighted by Crippen LogP contribution is 2.31. The fourth-order valence-corrected chi connectivity index (χ4v) is 3.88. The van der Waals surface area contributed by atoms with E-state index in [4.69, 9.17) is 10.3 Å². The number of nitrogens with two attached hydrogens (primary N) is 1. The molecule has 7 nitrogen and oxygen atoms in total. The molecule has 0 aromatic carbocycles. The predicted octanol–water partition coefficient (Wildman–Crippen LogP) is 1.97. The second kappa shape index (κ2) is 6.92. The minimum Gasteiger partial charge on any atom is -0.342 e. The molecule has 4 rings (SSSR count). The molecule has 2 aliphatic rings. The summed E-state index contributed by atoms with van der Waals surface area (Å²) >= 11 is 0. The van der Waals surface area contributed by atoms with Gasteiger partial charge in [-0.3, -0.25) is 9.78 Å². The average Bonchev–Trinajstić information content (AvgIpc) is 3.31. The average molecular weight is 341 g/mol. The lowest BCUT2D eigenvalue weighted by molar-refractivity contribution is -0.136. The zero-order valence-electron chi connectivity index (χ0n) is 14.2. The summed E-state index contributed by atoms with van der Waals surface area (Å²) in [5.41, 5.74) is 6.78. The molecule has 2 atom stereocenters. The summed E-state index contributed by atoms with van der Waals surface area (Å²) in [6.45, 7) is 1.46. The molecular weight excluding hydrogens is 318 g/mol. The summed E-state index contributed by atoms with van der Waals surface area (Å²) < 4.78 is 5.45. The number of carbonyl (C=O) groups is 1. The van der Waals surface area contributed by atoms with Crippen molar-refractivity contribution >= 4 is 5.91 Å². The largest absolute Gasteiger partial charge is 0.342 e. The fraction of sp³-hybridized carbons (Fsp3) is 0.556. The number of hydrogen-bond acceptors (Lipinski definition) is 6. The van der Waals surface area contributed by atoms with E-state index in [9.17, 15) is 4.79 Å². The van der Waals surface area contributed by atoms with Gasteiger partial charge in [-0.25, -0.2) is 0 Å². The van der Waals surface area contributed by atoms with Gasteiger partial charge in [0.25, 0.3) is 0 Å². The molecule has 1 saturated heterocycles. The van der Waals surface area contributed by atoms with E-state index in [-0.39, 0.29) is 23.8 Å². The van der Waals surface area contributed by atoms with Crippen LogP contribution in [-0.2, 0) is 4.79 Å². The fourth-order valence-electron chi connectivity index (χ4n) is 3.88. The van der Waals surface area contributed by atoms with Crippen LogP contribution in [0.5, 0.6) is 0 Å². The summed E-state index contributed by atoms with van der Waals surface area (Å²) in [4.78, 5) is 23.3. The van der Waals surface area contributed by atoms with Gasteiger partial charge in [0.05, 0.1) is 5.92 Å². The molecule has 7 heteroatoms. The van der Waals surface area contributed by atoms with Crippen LogP contribution in [0.25, 0.3) is 11.5 Å². The number of rotatable bonds is 3. The van der Waals surface area contributed by atoms with Crippen molar-refractivity contribution in [2.45, 2.75) is 44.1 Å². The summed E-state index contributed by atoms with van der Waals surface area (Å²) in [7, 11) is 0. The van der Waals surface area contributed by atoms with Crippen molar-refractivity contribution in [3.8, 4) is 11.5 Å². The molecule has 2 aromatic rings. The molecule has 1 aliphatic carbocycles. The van der Waals surface area contributed by atoms with Crippen molar-refractivity contribution in [1.82, 2.24) is 20.0 Å². The third kappa shape index (κ3) is 3.28. The van der Waals surface area contributed by atoms with E-state index in [1.54, 1.807) is 6.20 Å². The van der Waals surface area contributed by atoms with Gasteiger partial charge in [0, 0.05) is 31.2 Å². The maximum absolute atomic E-state index is 12.6. The van der Waals surface area contributed by atoms with Crippen LogP contribution in [0, 0.1) is 5.92 Å². The SMILES string of the molecule is N[C@@H]1CCC[C@@H]1C(=O)N1CCC(c2nc(-c3ccccn3)no2)CC1. The zero-order valence-corrected chi connectivity index (χ0v) is 14.2. The Morgan fingerprint density at radius 3 is 2.72 bits per heavy atom. The smallest absolute Gasteiger partial charge is 0.230 e. The summed E-state index contributed by atoms with van der Waals surface area (Å²) in [5.74, 6) is 1.60. The third-order valence-corrected chi connectivity index (χ3v) is 5.38. The Morgan fingerprint density at radius 1 is 1.20 bits per heavy atom. The van der Waals surface area contributed by atoms with Crippen LogP contribution in [0.4, 0.5) is 0 Å². The number of aromatic nitrogens is 3. The third-order valence-electron chi connectivity index (χ3n) is 5.38. The number of carbonyl (C=O) groups excluding carboxylic acids is 1. The summed E-state index contributed by atoms with van der Waals surface area (Å²) in [6, 6.07) is 5.65. The molecule has 2 fully saturated rings. The van der Waals surface area contributed by atoms with Crippen molar-refractivity contribution in [3.05, 3.63) is 30.3 Å². The standard InChI is InChI=1S/C18H23N5O2/c19-14-5-3-4-13(14)18(24)23-10-7-12(8-11-23)17-21-16(22-25-17)15-6-1-2-9-20-15/h1-2,6,9,12-14H,3-5,7-8,10-11,19H2/t13-,14+/m0/s1. The Kier molecular flexibility index (Phi) is 4.48. The maximum atomic E-state index is 12.6. The highest BCUT2D eigenvalue weighted by Gasteiger charge is 2.35. The van der Waals surface area contributed by atoms with Gasteiger partial charge < -0.3 is 15.2 Å². The van der Waals surface area contributed by atoms with Gasteiger partial charge in [0.1, 0.15) is 5.69 Å². The minimum atomic E-state index is 0.00992. The quantitative estimate of drug-likeness (QED) is 0.916. The van der Waals surface area contributed by atoms with Crippen LogP contribution >= 0.6 is 0 Å². The number of hydrogen-bond donors (Lipinski definition) is 1. The molecular formula is C18H23N5O2. The highest BCUT2D eigenvalue weighted by atomic mass is 16.5. The van der Waals surface area contributed by atoms with E-state index in [1.807, 2.05) is 23.1 Å². The summed E-state index contributed by atoms with van der Waals surface area (Å²) in [5, 5.41) is 4.04. The van der Waals surface area contributed by atoms with E-state index >= 15 is 0 Å². The Hall–Kier alpha value is -2.28. The van der Waals surface area contributed by atoms with Crippen molar-refractivity contribution in [2.24, 2.45) is 11.7 Å². The van der Waals surface area contributed by atoms with Crippen molar-refractivity contribution in [1.29, 1.82) is 0 Å². The van der Waals surface area contributed by atoms with Gasteiger partial charge in [-0.2, -0.15) is 4.98 Å². The van der Waals surface area contributed by atoms with Gasteiger partial charge >= 0.3 is 0 Å². The Balaban J connectivity index is 1.37. The first-order valence-corrected chi connectivity index (χ1v) is 9.02. The highest BCUT2D eigenvalue weighted by molar-refractivity contribution is 5.80. The number of piperidine rings is 1. The lowest BCUT2D eigenvalue weighted by Crippen LogP contribution is -2.45. The maximum Gasteiger partial charge on any atom is 0.230 e. The van der Waals surface area contributed by atoms with Gasteiger partial charge in [0.15, 0.2) is 0 Å². The minimum absolute atomic E-state index is 0.00992. The Bertz CT molecular complexity index is 724. The van der Waals surface area contributed by atoms with Crippen molar-refractivity contribution in [2.75, 3.05) is 13.1 Å². The zero-order chi connectivity index (χ0) is 17.2. The molecule has 1 aliphatic heterocycles. The Labute approximate surface area is 146 Å². The molecule has 1 amide bonds. The summed E-state index contributed by atoms with van der Waals surface area (Å²) in [6.07, 6.45) is 6.35. The predicted molar refractivity (Wildman–Crippen MR) is 91.4 cm³/mol. The van der Waals surface area contributed by atoms with Crippen LogP contribution < -0.4 is 5.73 Å². The van der Waals surface area contributed by atoms with Crippen molar-refractivity contribution in [3.63, 3.8) is 0 Å². The lowest BCUT2D eigenvalue weighted by atomic mass is 9.94. The van der Waals surface area contributed by atoms with Crippen LogP contribution in [-0.4, -0.2) is 45.1 Å². The first-order valence-electron chi connectivity index (χ1n) is 9.02. The molecule has 2 N–H and O–H groups in total. The van der Waals surface area contributed by atoms with Crippen LogP contribution in [0.15, 0.2) is 28.9 Å². The molecule has 0 spiro atoms. The lowest BCUT2D eigenvalue weighted by Gasteiger charge is -2.33. The molecule has 3 heterocycles. The molecule has 0 bridgehead atoms. The van der Waals surface area contributed by atoms with Gasteiger partial charge in [0.2, 0.25) is 17.6 Å². The monoisotopic (exact) mass is 341 g/mol. The van der Waals surface area contributed by atoms with Gasteiger partial charge in [-0.15, -0.1) is 0 Å². The second-order valence-corrected chi connectivity index (χ2v) is 6.97. The van der Waals surface area contributed by atoms with Crippen LogP contribution in [0.1, 0.15) is 43.9 Å². The first-order chi connectivity index (χ1) is 12.2. The van der Waals surface area contributed by atoms with Gasteiger partial charge in [-0.05, 0) is 37.8 Å². The number of pyridine rings is 1. The molecule has 0 radical (unpaired) electrons. The van der Waals surface area contributed by atoms with E-state index in [0.29, 0.717) is 17.4 Å².